The van der Waals surface area contributed by atoms with Crippen LogP contribution in [0.3, 0.4) is 0 Å². The maximum Gasteiger partial charge on any atom is 0.323 e. The first-order valence-electron chi connectivity index (χ1n) is 9.43. The van der Waals surface area contributed by atoms with Crippen molar-refractivity contribution >= 4 is 22.5 Å². The minimum absolute atomic E-state index is 0.0333. The van der Waals surface area contributed by atoms with Crippen LogP contribution in [0.2, 0.25) is 0 Å². The molecule has 1 aliphatic heterocycles. The van der Waals surface area contributed by atoms with Crippen LogP contribution in [0.25, 0.3) is 0 Å². The summed E-state index contributed by atoms with van der Waals surface area (Å²) < 4.78 is 5.42. The van der Waals surface area contributed by atoms with E-state index in [0.29, 0.717) is 23.0 Å². The maximum atomic E-state index is 12.7. The molecule has 2 unspecified atom stereocenters. The van der Waals surface area contributed by atoms with E-state index in [4.69, 9.17) is 4.74 Å². The lowest BCUT2D eigenvalue weighted by Gasteiger charge is -2.37. The van der Waals surface area contributed by atoms with Crippen LogP contribution in [0, 0.1) is 11.3 Å². The van der Waals surface area contributed by atoms with Gasteiger partial charge in [-0.05, 0) is 37.0 Å². The molecule has 5 nitrogen and oxygen atoms in total. The predicted octanol–water partition coefficient (Wildman–Crippen LogP) is 4.72. The van der Waals surface area contributed by atoms with Crippen molar-refractivity contribution in [3.8, 4) is 0 Å². The van der Waals surface area contributed by atoms with Crippen molar-refractivity contribution in [3.63, 3.8) is 0 Å². The number of nitrogens with one attached hydrogen (secondary N) is 1. The van der Waals surface area contributed by atoms with Gasteiger partial charge >= 0.3 is 6.03 Å². The highest BCUT2D eigenvalue weighted by atomic mass is 32.1. The van der Waals surface area contributed by atoms with Crippen LogP contribution < -0.4 is 5.32 Å². The van der Waals surface area contributed by atoms with Crippen molar-refractivity contribution in [2.45, 2.75) is 64.8 Å². The SMILES string of the molecule is CN(C(=O)Nc1nc(C2CCOCC2)cs1)C1CCCC1C(C)(C)C. The zero-order valence-corrected chi connectivity index (χ0v) is 16.7. The lowest BCUT2D eigenvalue weighted by atomic mass is 9.77. The van der Waals surface area contributed by atoms with Crippen molar-refractivity contribution in [3.05, 3.63) is 11.1 Å². The zero-order chi connectivity index (χ0) is 18.0. The first kappa shape index (κ1) is 18.6. The standard InChI is InChI=1S/C19H31N3O2S/c1-19(2,3)14-6-5-7-16(14)22(4)18(23)21-17-20-15(12-25-17)13-8-10-24-11-9-13/h12-14,16H,5-11H2,1-4H3,(H,20,21,23). The smallest absolute Gasteiger partial charge is 0.323 e. The molecule has 25 heavy (non-hydrogen) atoms. The highest BCUT2D eigenvalue weighted by molar-refractivity contribution is 7.13. The molecule has 1 saturated heterocycles. The van der Waals surface area contributed by atoms with Crippen molar-refractivity contribution in [1.82, 2.24) is 9.88 Å². The number of hydrogen-bond acceptors (Lipinski definition) is 4. The summed E-state index contributed by atoms with van der Waals surface area (Å²) in [6.45, 7) is 8.46. The Morgan fingerprint density at radius 1 is 1.28 bits per heavy atom. The van der Waals surface area contributed by atoms with Crippen LogP contribution >= 0.6 is 11.3 Å². The lowest BCUT2D eigenvalue weighted by molar-refractivity contribution is 0.0846. The fraction of sp³-hybridized carbons (Fsp3) is 0.789. The van der Waals surface area contributed by atoms with Gasteiger partial charge in [-0.15, -0.1) is 11.3 Å². The number of rotatable bonds is 3. The summed E-state index contributed by atoms with van der Waals surface area (Å²) in [6, 6.07) is 0.281. The van der Waals surface area contributed by atoms with Crippen LogP contribution in [0.4, 0.5) is 9.93 Å². The first-order valence-corrected chi connectivity index (χ1v) is 10.3. The number of ether oxygens (including phenoxy) is 1. The van der Waals surface area contributed by atoms with E-state index in [0.717, 1.165) is 38.2 Å². The summed E-state index contributed by atoms with van der Waals surface area (Å²) in [6.07, 6.45) is 5.54. The van der Waals surface area contributed by atoms with Gasteiger partial charge in [0.2, 0.25) is 0 Å². The van der Waals surface area contributed by atoms with Crippen molar-refractivity contribution in [2.24, 2.45) is 11.3 Å². The molecule has 2 heterocycles. The monoisotopic (exact) mass is 365 g/mol. The molecule has 2 aliphatic rings. The van der Waals surface area contributed by atoms with Gasteiger partial charge in [0.1, 0.15) is 0 Å². The Hall–Kier alpha value is -1.14. The van der Waals surface area contributed by atoms with Crippen LogP contribution in [-0.2, 0) is 4.74 Å². The largest absolute Gasteiger partial charge is 0.381 e. The molecule has 2 amide bonds. The third kappa shape index (κ3) is 4.34. The fourth-order valence-corrected chi connectivity index (χ4v) is 5.05. The Morgan fingerprint density at radius 3 is 2.68 bits per heavy atom. The third-order valence-electron chi connectivity index (χ3n) is 5.79. The zero-order valence-electron chi connectivity index (χ0n) is 15.9. The second-order valence-electron chi connectivity index (χ2n) is 8.48. The van der Waals surface area contributed by atoms with Gasteiger partial charge in [-0.3, -0.25) is 5.32 Å². The molecule has 0 spiro atoms. The number of carbonyl (C=O) groups is 1. The van der Waals surface area contributed by atoms with E-state index in [1.54, 1.807) is 0 Å². The van der Waals surface area contributed by atoms with Gasteiger partial charge in [-0.2, -0.15) is 0 Å². The quantitative estimate of drug-likeness (QED) is 0.843. The molecule has 0 bridgehead atoms. The van der Waals surface area contributed by atoms with Crippen LogP contribution in [0.5, 0.6) is 0 Å². The average molecular weight is 366 g/mol. The fourth-order valence-electron chi connectivity index (χ4n) is 4.27. The number of hydrogen-bond donors (Lipinski definition) is 1. The molecule has 2 fully saturated rings. The van der Waals surface area contributed by atoms with E-state index in [1.807, 2.05) is 11.9 Å². The highest BCUT2D eigenvalue weighted by Crippen LogP contribution is 2.41. The molecular formula is C19H31N3O2S. The number of urea groups is 1. The number of aromatic nitrogens is 1. The molecule has 1 aliphatic carbocycles. The second-order valence-corrected chi connectivity index (χ2v) is 9.33. The van der Waals surface area contributed by atoms with Gasteiger partial charge in [0, 0.05) is 37.6 Å². The Balaban J connectivity index is 1.61. The van der Waals surface area contributed by atoms with Gasteiger partial charge in [0.15, 0.2) is 5.13 Å². The summed E-state index contributed by atoms with van der Waals surface area (Å²) >= 11 is 1.53. The third-order valence-corrected chi connectivity index (χ3v) is 6.56. The minimum Gasteiger partial charge on any atom is -0.381 e. The van der Waals surface area contributed by atoms with Crippen LogP contribution in [0.1, 0.15) is 64.5 Å². The first-order chi connectivity index (χ1) is 11.9. The van der Waals surface area contributed by atoms with E-state index in [-0.39, 0.29) is 11.4 Å². The number of carbonyl (C=O) groups excluding carboxylic acids is 1. The Kier molecular flexibility index (Phi) is 5.68. The molecule has 0 aromatic carbocycles. The Labute approximate surface area is 155 Å². The minimum atomic E-state index is -0.0333. The summed E-state index contributed by atoms with van der Waals surface area (Å²) in [7, 11) is 1.93. The number of thiazole rings is 1. The van der Waals surface area contributed by atoms with Gasteiger partial charge in [0.25, 0.3) is 0 Å². The number of amides is 2. The van der Waals surface area contributed by atoms with E-state index >= 15 is 0 Å². The van der Waals surface area contributed by atoms with Crippen molar-refractivity contribution in [1.29, 1.82) is 0 Å². The average Bonchev–Trinajstić information content (AvgIpc) is 3.24. The van der Waals surface area contributed by atoms with Gasteiger partial charge in [0.05, 0.1) is 5.69 Å². The van der Waals surface area contributed by atoms with Crippen molar-refractivity contribution in [2.75, 3.05) is 25.6 Å². The molecule has 140 valence electrons. The van der Waals surface area contributed by atoms with Crippen LogP contribution in [0.15, 0.2) is 5.38 Å². The lowest BCUT2D eigenvalue weighted by Crippen LogP contribution is -2.45. The summed E-state index contributed by atoms with van der Waals surface area (Å²) in [4.78, 5) is 19.3. The van der Waals surface area contributed by atoms with Gasteiger partial charge < -0.3 is 9.64 Å². The Bertz CT molecular complexity index is 590. The predicted molar refractivity (Wildman–Crippen MR) is 102 cm³/mol. The second kappa shape index (κ2) is 7.62. The van der Waals surface area contributed by atoms with E-state index < -0.39 is 0 Å². The topological polar surface area (TPSA) is 54.5 Å². The van der Waals surface area contributed by atoms with E-state index in [9.17, 15) is 4.79 Å². The van der Waals surface area contributed by atoms with E-state index in [1.165, 1.54) is 24.2 Å². The molecule has 0 radical (unpaired) electrons. The van der Waals surface area contributed by atoms with Crippen LogP contribution in [-0.4, -0.2) is 42.2 Å². The van der Waals surface area contributed by atoms with Crippen molar-refractivity contribution < 1.29 is 9.53 Å². The molecule has 3 rings (SSSR count). The molecule has 1 aromatic heterocycles. The molecule has 1 N–H and O–H groups in total. The van der Waals surface area contributed by atoms with Gasteiger partial charge in [-0.25, -0.2) is 9.78 Å². The highest BCUT2D eigenvalue weighted by Gasteiger charge is 2.39. The molecule has 2 atom stereocenters. The van der Waals surface area contributed by atoms with E-state index in [2.05, 4.69) is 36.5 Å². The molecular weight excluding hydrogens is 334 g/mol. The number of anilines is 1. The van der Waals surface area contributed by atoms with Gasteiger partial charge in [-0.1, -0.05) is 27.2 Å². The number of nitrogens with zero attached hydrogens (tertiary/aromatic N) is 2. The normalized spacial score (nSPS) is 25.1. The summed E-state index contributed by atoms with van der Waals surface area (Å²) in [5.74, 6) is 1.02. The summed E-state index contributed by atoms with van der Waals surface area (Å²) in [5.41, 5.74) is 1.33. The molecule has 1 aromatic rings. The molecule has 6 heteroatoms. The Morgan fingerprint density at radius 2 is 2.00 bits per heavy atom. The summed E-state index contributed by atoms with van der Waals surface area (Å²) in [5, 5.41) is 5.81. The molecule has 1 saturated carbocycles. The maximum absolute atomic E-state index is 12.7.